The van der Waals surface area contributed by atoms with Gasteiger partial charge in [-0.1, -0.05) is 25.4 Å². The number of nitrogens with zero attached hydrogens (tertiary/aromatic N) is 1. The molecule has 0 unspecified atom stereocenters. The van der Waals surface area contributed by atoms with Crippen molar-refractivity contribution in [2.75, 3.05) is 13.6 Å². The molecule has 98 valence electrons. The average Bonchev–Trinajstić information content (AvgIpc) is 2.56. The van der Waals surface area contributed by atoms with Crippen LogP contribution in [0.5, 0.6) is 0 Å². The van der Waals surface area contributed by atoms with Crippen LogP contribution >= 0.6 is 38.9 Å². The van der Waals surface area contributed by atoms with Crippen LogP contribution in [-0.2, 0) is 10.0 Å². The molecular formula is C10H15BrClNO2S2. The standard InChI is InChI=1S/C10H15BrClNO2S2/c1-7(2)4-5-13(3)17(14,15)9-6-8(12)10(11)16-9/h6-7H,4-5H2,1-3H3. The van der Waals surface area contributed by atoms with Crippen molar-refractivity contribution in [3.05, 3.63) is 14.9 Å². The molecule has 1 rings (SSSR count). The van der Waals surface area contributed by atoms with Crippen molar-refractivity contribution < 1.29 is 8.42 Å². The van der Waals surface area contributed by atoms with Crippen LogP contribution < -0.4 is 0 Å². The lowest BCUT2D eigenvalue weighted by atomic mass is 10.1. The van der Waals surface area contributed by atoms with Crippen LogP contribution in [-0.4, -0.2) is 26.3 Å². The zero-order chi connectivity index (χ0) is 13.2. The molecule has 0 aliphatic rings. The van der Waals surface area contributed by atoms with E-state index < -0.39 is 10.0 Å². The molecule has 0 bridgehead atoms. The zero-order valence-corrected chi connectivity index (χ0v) is 13.9. The number of hydrogen-bond acceptors (Lipinski definition) is 3. The number of halogens is 2. The fourth-order valence-electron chi connectivity index (χ4n) is 1.17. The van der Waals surface area contributed by atoms with Gasteiger partial charge in [0.05, 0.1) is 8.81 Å². The predicted octanol–water partition coefficient (Wildman–Crippen LogP) is 3.83. The van der Waals surface area contributed by atoms with E-state index in [2.05, 4.69) is 29.8 Å². The molecule has 0 radical (unpaired) electrons. The predicted molar refractivity (Wildman–Crippen MR) is 76.3 cm³/mol. The first-order chi connectivity index (χ1) is 7.75. The highest BCUT2D eigenvalue weighted by Crippen LogP contribution is 2.35. The second-order valence-electron chi connectivity index (χ2n) is 4.20. The Morgan fingerprint density at radius 1 is 1.53 bits per heavy atom. The molecule has 1 aromatic rings. The first kappa shape index (κ1) is 15.4. The minimum Gasteiger partial charge on any atom is -0.206 e. The van der Waals surface area contributed by atoms with Gasteiger partial charge in [0.25, 0.3) is 10.0 Å². The maximum absolute atomic E-state index is 12.2. The number of thiophene rings is 1. The van der Waals surface area contributed by atoms with Gasteiger partial charge in [0.2, 0.25) is 0 Å². The van der Waals surface area contributed by atoms with Crippen LogP contribution in [0.1, 0.15) is 20.3 Å². The molecule has 3 nitrogen and oxygen atoms in total. The van der Waals surface area contributed by atoms with Crippen molar-refractivity contribution >= 4 is 48.9 Å². The highest BCUT2D eigenvalue weighted by atomic mass is 79.9. The van der Waals surface area contributed by atoms with E-state index in [1.807, 2.05) is 0 Å². The molecule has 1 heterocycles. The minimum atomic E-state index is -3.40. The van der Waals surface area contributed by atoms with E-state index in [-0.39, 0.29) is 4.21 Å². The minimum absolute atomic E-state index is 0.278. The molecule has 0 aromatic carbocycles. The van der Waals surface area contributed by atoms with Gasteiger partial charge in [-0.15, -0.1) is 11.3 Å². The van der Waals surface area contributed by atoms with Crippen molar-refractivity contribution in [1.29, 1.82) is 0 Å². The molecule has 0 saturated carbocycles. The van der Waals surface area contributed by atoms with Crippen molar-refractivity contribution in [3.8, 4) is 0 Å². The van der Waals surface area contributed by atoms with E-state index in [1.54, 1.807) is 7.05 Å². The van der Waals surface area contributed by atoms with E-state index in [0.29, 0.717) is 21.3 Å². The molecular weight excluding hydrogens is 346 g/mol. The smallest absolute Gasteiger partial charge is 0.206 e. The van der Waals surface area contributed by atoms with Crippen molar-refractivity contribution in [2.45, 2.75) is 24.5 Å². The topological polar surface area (TPSA) is 37.4 Å². The molecule has 0 fully saturated rings. The van der Waals surface area contributed by atoms with Gasteiger partial charge in [-0.3, -0.25) is 0 Å². The summed E-state index contributed by atoms with van der Waals surface area (Å²) in [5, 5.41) is 0.436. The molecule has 7 heteroatoms. The first-order valence-corrected chi connectivity index (χ1v) is 8.59. The molecule has 0 spiro atoms. The van der Waals surface area contributed by atoms with Crippen LogP contribution in [0.3, 0.4) is 0 Å². The Morgan fingerprint density at radius 3 is 2.53 bits per heavy atom. The Labute approximate surface area is 120 Å². The fraction of sp³-hybridized carbons (Fsp3) is 0.600. The first-order valence-electron chi connectivity index (χ1n) is 5.16. The van der Waals surface area contributed by atoms with Crippen LogP contribution in [0, 0.1) is 5.92 Å². The largest absolute Gasteiger partial charge is 0.252 e. The molecule has 0 aliphatic carbocycles. The van der Waals surface area contributed by atoms with Gasteiger partial charge < -0.3 is 0 Å². The molecule has 0 atom stereocenters. The van der Waals surface area contributed by atoms with Gasteiger partial charge in [-0.25, -0.2) is 12.7 Å². The lowest BCUT2D eigenvalue weighted by molar-refractivity contribution is 0.429. The molecule has 0 saturated heterocycles. The summed E-state index contributed by atoms with van der Waals surface area (Å²) >= 11 is 10.2. The van der Waals surface area contributed by atoms with Crippen LogP contribution in [0.2, 0.25) is 5.02 Å². The third-order valence-corrected chi connectivity index (χ3v) is 7.09. The van der Waals surface area contributed by atoms with Gasteiger partial charge in [0.15, 0.2) is 0 Å². The Kier molecular flexibility index (Phi) is 5.46. The Hall–Kier alpha value is 0.380. The van der Waals surface area contributed by atoms with Gasteiger partial charge in [-0.05, 0) is 34.3 Å². The van der Waals surface area contributed by atoms with E-state index in [9.17, 15) is 8.42 Å². The van der Waals surface area contributed by atoms with Crippen LogP contribution in [0.25, 0.3) is 0 Å². The lowest BCUT2D eigenvalue weighted by Gasteiger charge is -2.16. The van der Waals surface area contributed by atoms with Crippen LogP contribution in [0.15, 0.2) is 14.1 Å². The van der Waals surface area contributed by atoms with Gasteiger partial charge in [0.1, 0.15) is 4.21 Å². The molecule has 17 heavy (non-hydrogen) atoms. The molecule has 0 N–H and O–H groups in total. The maximum Gasteiger partial charge on any atom is 0.252 e. The third kappa shape index (κ3) is 3.92. The summed E-state index contributed by atoms with van der Waals surface area (Å²) in [6.07, 6.45) is 0.843. The zero-order valence-electron chi connectivity index (χ0n) is 9.91. The van der Waals surface area contributed by atoms with Crippen LogP contribution in [0.4, 0.5) is 0 Å². The summed E-state index contributed by atoms with van der Waals surface area (Å²) in [6, 6.07) is 1.48. The lowest BCUT2D eigenvalue weighted by Crippen LogP contribution is -2.28. The second kappa shape index (κ2) is 6.02. The van der Waals surface area contributed by atoms with E-state index in [4.69, 9.17) is 11.6 Å². The summed E-state index contributed by atoms with van der Waals surface area (Å²) in [6.45, 7) is 4.66. The Morgan fingerprint density at radius 2 is 2.12 bits per heavy atom. The fourth-order valence-corrected chi connectivity index (χ4v) is 4.96. The molecule has 0 aliphatic heterocycles. The summed E-state index contributed by atoms with van der Waals surface area (Å²) in [5.41, 5.74) is 0. The Balaban J connectivity index is 2.87. The SMILES string of the molecule is CC(C)CCN(C)S(=O)(=O)c1cc(Cl)c(Br)s1. The second-order valence-corrected chi connectivity index (χ2v) is 9.25. The van der Waals surface area contributed by atoms with E-state index in [1.165, 1.54) is 10.4 Å². The van der Waals surface area contributed by atoms with Gasteiger partial charge in [-0.2, -0.15) is 0 Å². The van der Waals surface area contributed by atoms with E-state index >= 15 is 0 Å². The average molecular weight is 361 g/mol. The van der Waals surface area contributed by atoms with Crippen molar-refractivity contribution in [1.82, 2.24) is 4.31 Å². The van der Waals surface area contributed by atoms with Gasteiger partial charge in [0, 0.05) is 13.6 Å². The summed E-state index contributed by atoms with van der Waals surface area (Å²) in [7, 11) is -1.80. The summed E-state index contributed by atoms with van der Waals surface area (Å²) in [4.78, 5) is 0. The number of sulfonamides is 1. The monoisotopic (exact) mass is 359 g/mol. The van der Waals surface area contributed by atoms with E-state index in [0.717, 1.165) is 17.8 Å². The number of hydrogen-bond donors (Lipinski definition) is 0. The summed E-state index contributed by atoms with van der Waals surface area (Å²) < 4.78 is 26.6. The number of rotatable bonds is 5. The van der Waals surface area contributed by atoms with Crippen molar-refractivity contribution in [2.24, 2.45) is 5.92 Å². The maximum atomic E-state index is 12.2. The Bertz CT molecular complexity index is 465. The highest BCUT2D eigenvalue weighted by Gasteiger charge is 2.24. The quantitative estimate of drug-likeness (QED) is 0.800. The highest BCUT2D eigenvalue weighted by molar-refractivity contribution is 9.11. The van der Waals surface area contributed by atoms with Gasteiger partial charge >= 0.3 is 0 Å². The summed E-state index contributed by atoms with van der Waals surface area (Å²) in [5.74, 6) is 0.478. The van der Waals surface area contributed by atoms with Crippen molar-refractivity contribution in [3.63, 3.8) is 0 Å². The molecule has 0 amide bonds. The molecule has 1 aromatic heterocycles. The normalized spacial score (nSPS) is 12.6. The third-order valence-electron chi connectivity index (χ3n) is 2.31.